The van der Waals surface area contributed by atoms with Crippen LogP contribution >= 0.6 is 11.3 Å². The number of hydrogen-bond donors (Lipinski definition) is 1. The van der Waals surface area contributed by atoms with E-state index in [1.807, 2.05) is 43.3 Å². The van der Waals surface area contributed by atoms with E-state index in [2.05, 4.69) is 27.3 Å². The molecule has 1 aliphatic rings. The lowest BCUT2D eigenvalue weighted by atomic mass is 10.1. The van der Waals surface area contributed by atoms with Crippen molar-refractivity contribution in [3.8, 4) is 11.8 Å². The van der Waals surface area contributed by atoms with Crippen molar-refractivity contribution < 1.29 is 14.3 Å². The Bertz CT molecular complexity index is 1550. The van der Waals surface area contributed by atoms with Gasteiger partial charge in [0.05, 0.1) is 11.3 Å². The molecule has 1 amide bonds. The molecule has 5 rings (SSSR count). The van der Waals surface area contributed by atoms with Crippen molar-refractivity contribution in [2.24, 2.45) is 0 Å². The zero-order valence-corrected chi connectivity index (χ0v) is 22.2. The van der Waals surface area contributed by atoms with E-state index in [0.717, 1.165) is 42.2 Å². The number of nitrogens with zero attached hydrogens (tertiary/aromatic N) is 3. The second kappa shape index (κ2) is 11.9. The fourth-order valence-corrected chi connectivity index (χ4v) is 5.20. The van der Waals surface area contributed by atoms with E-state index in [0.29, 0.717) is 22.0 Å². The van der Waals surface area contributed by atoms with Crippen LogP contribution in [0.2, 0.25) is 0 Å². The first-order valence-corrected chi connectivity index (χ1v) is 13.4. The summed E-state index contributed by atoms with van der Waals surface area (Å²) in [5.74, 6) is -0.598. The van der Waals surface area contributed by atoms with Gasteiger partial charge < -0.3 is 4.74 Å². The third kappa shape index (κ3) is 6.65. The lowest BCUT2D eigenvalue weighted by molar-refractivity contribution is -0.112. The number of aryl methyl sites for hydroxylation is 1. The topological polar surface area (TPSA) is 95.3 Å². The first-order valence-electron chi connectivity index (χ1n) is 12.5. The van der Waals surface area contributed by atoms with Crippen molar-refractivity contribution in [1.29, 1.82) is 5.26 Å². The average molecular weight is 535 g/mol. The van der Waals surface area contributed by atoms with Crippen LogP contribution in [-0.4, -0.2) is 28.3 Å². The Morgan fingerprint density at radius 2 is 1.82 bits per heavy atom. The van der Waals surface area contributed by atoms with Crippen LogP contribution < -0.4 is 10.1 Å². The predicted octanol–water partition coefficient (Wildman–Crippen LogP) is 5.77. The maximum absolute atomic E-state index is 12.8. The SMILES string of the molecule is Cc1ccc(C(=O)Oc2ccc(/C=C(\C#N)C(=O)Nc3nc4c(s3)CCN(Cc3ccccc3)C4)cc2)cc1. The van der Waals surface area contributed by atoms with Gasteiger partial charge in [-0.1, -0.05) is 60.2 Å². The number of amides is 1. The van der Waals surface area contributed by atoms with Gasteiger partial charge in [0, 0.05) is 24.5 Å². The number of ether oxygens (including phenoxy) is 1. The zero-order valence-electron chi connectivity index (χ0n) is 21.4. The number of aromatic nitrogens is 1. The van der Waals surface area contributed by atoms with Crippen molar-refractivity contribution in [3.63, 3.8) is 0 Å². The van der Waals surface area contributed by atoms with Gasteiger partial charge in [0.1, 0.15) is 17.4 Å². The molecule has 0 fully saturated rings. The number of hydrogen-bond acceptors (Lipinski definition) is 7. The first-order chi connectivity index (χ1) is 19.0. The molecule has 1 aliphatic heterocycles. The van der Waals surface area contributed by atoms with Crippen LogP contribution in [0.4, 0.5) is 5.13 Å². The van der Waals surface area contributed by atoms with Crippen LogP contribution in [0.5, 0.6) is 5.75 Å². The number of fused-ring (bicyclic) bond motifs is 1. The quantitative estimate of drug-likeness (QED) is 0.140. The van der Waals surface area contributed by atoms with E-state index in [1.54, 1.807) is 36.4 Å². The maximum atomic E-state index is 12.8. The predicted molar refractivity (Wildman–Crippen MR) is 151 cm³/mol. The number of carbonyl (C=O) groups is 2. The average Bonchev–Trinajstić information content (AvgIpc) is 3.35. The molecule has 0 aliphatic carbocycles. The first kappa shape index (κ1) is 26.0. The maximum Gasteiger partial charge on any atom is 0.343 e. The Labute approximate surface area is 231 Å². The summed E-state index contributed by atoms with van der Waals surface area (Å²) >= 11 is 1.46. The molecule has 194 valence electrons. The van der Waals surface area contributed by atoms with Gasteiger partial charge in [0.2, 0.25) is 0 Å². The molecule has 0 radical (unpaired) electrons. The summed E-state index contributed by atoms with van der Waals surface area (Å²) in [4.78, 5) is 33.3. The largest absolute Gasteiger partial charge is 0.423 e. The molecule has 3 aromatic carbocycles. The van der Waals surface area contributed by atoms with Crippen LogP contribution in [0.3, 0.4) is 0 Å². The summed E-state index contributed by atoms with van der Waals surface area (Å²) in [7, 11) is 0. The molecule has 0 saturated carbocycles. The lowest BCUT2D eigenvalue weighted by Crippen LogP contribution is -2.29. The molecule has 8 heteroatoms. The molecule has 4 aromatic rings. The van der Waals surface area contributed by atoms with Crippen molar-refractivity contribution in [2.45, 2.75) is 26.4 Å². The molecule has 1 N–H and O–H groups in total. The van der Waals surface area contributed by atoms with E-state index in [-0.39, 0.29) is 5.57 Å². The van der Waals surface area contributed by atoms with Crippen LogP contribution in [0.25, 0.3) is 6.08 Å². The van der Waals surface area contributed by atoms with Gasteiger partial charge in [-0.25, -0.2) is 9.78 Å². The van der Waals surface area contributed by atoms with Crippen molar-refractivity contribution >= 4 is 34.4 Å². The second-order valence-corrected chi connectivity index (χ2v) is 10.4. The number of carbonyl (C=O) groups excluding carboxylic acids is 2. The Morgan fingerprint density at radius 3 is 2.54 bits per heavy atom. The van der Waals surface area contributed by atoms with Crippen molar-refractivity contribution in [1.82, 2.24) is 9.88 Å². The van der Waals surface area contributed by atoms with E-state index in [1.165, 1.54) is 23.0 Å². The summed E-state index contributed by atoms with van der Waals surface area (Å²) in [6.45, 7) is 4.45. The van der Waals surface area contributed by atoms with Gasteiger partial charge in [-0.05, 0) is 54.8 Å². The number of nitriles is 1. The van der Waals surface area contributed by atoms with E-state index < -0.39 is 11.9 Å². The summed E-state index contributed by atoms with van der Waals surface area (Å²) in [6.07, 6.45) is 2.37. The van der Waals surface area contributed by atoms with Gasteiger partial charge >= 0.3 is 5.97 Å². The fraction of sp³-hybridized carbons (Fsp3) is 0.161. The third-order valence-electron chi connectivity index (χ3n) is 6.33. The van der Waals surface area contributed by atoms with Gasteiger partial charge in [-0.15, -0.1) is 11.3 Å². The van der Waals surface area contributed by atoms with Crippen LogP contribution in [0, 0.1) is 18.3 Å². The van der Waals surface area contributed by atoms with E-state index in [4.69, 9.17) is 4.74 Å². The molecule has 0 unspecified atom stereocenters. The van der Waals surface area contributed by atoms with Crippen LogP contribution in [-0.2, 0) is 24.3 Å². The fourth-order valence-electron chi connectivity index (χ4n) is 4.25. The van der Waals surface area contributed by atoms with Gasteiger partial charge in [0.15, 0.2) is 5.13 Å². The lowest BCUT2D eigenvalue weighted by Gasteiger charge is -2.25. The minimum atomic E-state index is -0.514. The molecular formula is C31H26N4O3S. The highest BCUT2D eigenvalue weighted by Crippen LogP contribution is 2.29. The number of benzene rings is 3. The molecule has 0 bridgehead atoms. The number of rotatable bonds is 7. The minimum Gasteiger partial charge on any atom is -0.423 e. The molecule has 7 nitrogen and oxygen atoms in total. The monoisotopic (exact) mass is 534 g/mol. The third-order valence-corrected chi connectivity index (χ3v) is 7.40. The Morgan fingerprint density at radius 1 is 1.08 bits per heavy atom. The standard InChI is InChI=1S/C31H26N4O3S/c1-21-7-11-24(12-8-21)30(37)38-26-13-9-22(10-14-26)17-25(18-32)29(36)34-31-33-27-20-35(16-15-28(27)39-31)19-23-5-3-2-4-6-23/h2-14,17H,15-16,19-20H2,1H3,(H,33,34,36)/b25-17+. The highest BCUT2D eigenvalue weighted by Gasteiger charge is 2.22. The Hall–Kier alpha value is -4.58. The molecule has 39 heavy (non-hydrogen) atoms. The van der Waals surface area contributed by atoms with Crippen molar-refractivity contribution in [3.05, 3.63) is 117 Å². The molecule has 1 aromatic heterocycles. The Balaban J connectivity index is 1.20. The zero-order chi connectivity index (χ0) is 27.2. The number of anilines is 1. The number of thiazole rings is 1. The van der Waals surface area contributed by atoms with E-state index in [9.17, 15) is 14.9 Å². The number of nitrogens with one attached hydrogen (secondary N) is 1. The summed E-state index contributed by atoms with van der Waals surface area (Å²) < 4.78 is 5.42. The van der Waals surface area contributed by atoms with Crippen molar-refractivity contribution in [2.75, 3.05) is 11.9 Å². The summed E-state index contributed by atoms with van der Waals surface area (Å²) in [5.41, 5.74) is 4.33. The van der Waals surface area contributed by atoms with Crippen LogP contribution in [0.15, 0.2) is 84.4 Å². The smallest absolute Gasteiger partial charge is 0.343 e. The van der Waals surface area contributed by atoms with Gasteiger partial charge in [0.25, 0.3) is 5.91 Å². The highest BCUT2D eigenvalue weighted by atomic mass is 32.1. The van der Waals surface area contributed by atoms with E-state index >= 15 is 0 Å². The molecular weight excluding hydrogens is 508 g/mol. The highest BCUT2D eigenvalue weighted by molar-refractivity contribution is 7.15. The molecule has 2 heterocycles. The molecule has 0 saturated heterocycles. The summed E-state index contributed by atoms with van der Waals surface area (Å²) in [6, 6.07) is 26.0. The second-order valence-electron chi connectivity index (χ2n) is 9.28. The van der Waals surface area contributed by atoms with Crippen LogP contribution in [0.1, 0.15) is 37.6 Å². The number of esters is 1. The van der Waals surface area contributed by atoms with Gasteiger partial charge in [-0.3, -0.25) is 15.0 Å². The molecule has 0 spiro atoms. The normalized spacial score (nSPS) is 13.3. The molecule has 0 atom stereocenters. The Kier molecular flexibility index (Phi) is 7.92. The van der Waals surface area contributed by atoms with Gasteiger partial charge in [-0.2, -0.15) is 5.26 Å². The summed E-state index contributed by atoms with van der Waals surface area (Å²) in [5, 5.41) is 12.9. The minimum absolute atomic E-state index is 0.0433.